The lowest BCUT2D eigenvalue weighted by Gasteiger charge is -2.14. The predicted molar refractivity (Wildman–Crippen MR) is 74.7 cm³/mol. The first-order valence-electron chi connectivity index (χ1n) is 6.00. The Morgan fingerprint density at radius 1 is 1.50 bits per heavy atom. The first-order chi connectivity index (χ1) is 8.54. The Hall–Kier alpha value is -1.23. The maximum atomic E-state index is 13.5. The Labute approximate surface area is 111 Å². The zero-order chi connectivity index (χ0) is 13.1. The molecule has 1 amide bonds. The maximum Gasteiger partial charge on any atom is 0.221 e. The summed E-state index contributed by atoms with van der Waals surface area (Å²) >= 11 is 1.94. The molecule has 0 aliphatic carbocycles. The third-order valence-electron chi connectivity index (χ3n) is 2.85. The lowest BCUT2D eigenvalue weighted by molar-refractivity contribution is -0.114. The normalized spacial score (nSPS) is 22.8. The summed E-state index contributed by atoms with van der Waals surface area (Å²) in [6.07, 6.45) is 1.11. The monoisotopic (exact) mass is 268 g/mol. The quantitative estimate of drug-likeness (QED) is 0.885. The number of carbonyl (C=O) groups is 1. The second-order valence-corrected chi connectivity index (χ2v) is 6.07. The zero-order valence-electron chi connectivity index (χ0n) is 10.5. The minimum atomic E-state index is -0.412. The van der Waals surface area contributed by atoms with E-state index < -0.39 is 5.82 Å². The lowest BCUT2D eigenvalue weighted by Crippen LogP contribution is -2.19. The van der Waals surface area contributed by atoms with Gasteiger partial charge in [0.25, 0.3) is 0 Å². The van der Waals surface area contributed by atoms with Crippen LogP contribution in [0.15, 0.2) is 18.2 Å². The van der Waals surface area contributed by atoms with Gasteiger partial charge in [0.1, 0.15) is 5.82 Å². The number of hydrogen-bond donors (Lipinski definition) is 2. The highest BCUT2D eigenvalue weighted by molar-refractivity contribution is 8.00. The molecule has 2 rings (SSSR count). The second kappa shape index (κ2) is 5.61. The molecule has 98 valence electrons. The number of rotatable bonds is 3. The van der Waals surface area contributed by atoms with Crippen LogP contribution in [0.4, 0.5) is 15.8 Å². The molecule has 0 spiro atoms. The number of nitrogens with one attached hydrogen (secondary N) is 2. The molecule has 0 bridgehead atoms. The maximum absolute atomic E-state index is 13.5. The van der Waals surface area contributed by atoms with Crippen molar-refractivity contribution >= 4 is 29.0 Å². The molecular formula is C13H17FN2OS. The Bertz CT molecular complexity index is 453. The van der Waals surface area contributed by atoms with Crippen molar-refractivity contribution in [1.29, 1.82) is 0 Å². The molecule has 2 atom stereocenters. The van der Waals surface area contributed by atoms with E-state index >= 15 is 0 Å². The summed E-state index contributed by atoms with van der Waals surface area (Å²) in [6.45, 7) is 3.58. The average Bonchev–Trinajstić information content (AvgIpc) is 2.68. The smallest absolute Gasteiger partial charge is 0.221 e. The first kappa shape index (κ1) is 13.2. The fraction of sp³-hybridized carbons (Fsp3) is 0.462. The Kier molecular flexibility index (Phi) is 4.11. The van der Waals surface area contributed by atoms with Gasteiger partial charge in [-0.25, -0.2) is 4.39 Å². The molecule has 1 heterocycles. The Morgan fingerprint density at radius 2 is 2.28 bits per heavy atom. The third kappa shape index (κ3) is 3.38. The molecule has 2 unspecified atom stereocenters. The molecule has 1 aliphatic rings. The van der Waals surface area contributed by atoms with Gasteiger partial charge in [-0.3, -0.25) is 4.79 Å². The van der Waals surface area contributed by atoms with Crippen LogP contribution in [0.2, 0.25) is 0 Å². The summed E-state index contributed by atoms with van der Waals surface area (Å²) in [7, 11) is 0. The van der Waals surface area contributed by atoms with E-state index in [0.29, 0.717) is 11.3 Å². The van der Waals surface area contributed by atoms with Gasteiger partial charge in [-0.1, -0.05) is 6.92 Å². The highest BCUT2D eigenvalue weighted by atomic mass is 32.2. The number of carbonyl (C=O) groups excluding carboxylic acids is 1. The summed E-state index contributed by atoms with van der Waals surface area (Å²) in [5, 5.41) is 6.53. The molecule has 1 saturated heterocycles. The van der Waals surface area contributed by atoms with Gasteiger partial charge in [0, 0.05) is 29.7 Å². The zero-order valence-corrected chi connectivity index (χ0v) is 11.3. The number of halogens is 1. The summed E-state index contributed by atoms with van der Waals surface area (Å²) < 4.78 is 13.5. The largest absolute Gasteiger partial charge is 0.381 e. The van der Waals surface area contributed by atoms with Crippen LogP contribution in [0, 0.1) is 5.82 Å². The molecule has 0 aromatic heterocycles. The molecule has 1 aromatic rings. The van der Waals surface area contributed by atoms with E-state index in [-0.39, 0.29) is 11.6 Å². The first-order valence-corrected chi connectivity index (χ1v) is 7.05. The van der Waals surface area contributed by atoms with Crippen molar-refractivity contribution in [2.45, 2.75) is 31.6 Å². The van der Waals surface area contributed by atoms with Crippen molar-refractivity contribution in [3.8, 4) is 0 Å². The van der Waals surface area contributed by atoms with Crippen molar-refractivity contribution in [3.63, 3.8) is 0 Å². The molecule has 18 heavy (non-hydrogen) atoms. The van der Waals surface area contributed by atoms with Crippen molar-refractivity contribution in [1.82, 2.24) is 0 Å². The van der Waals surface area contributed by atoms with E-state index in [1.807, 2.05) is 11.8 Å². The Morgan fingerprint density at radius 3 is 2.89 bits per heavy atom. The molecule has 1 aliphatic heterocycles. The molecule has 1 fully saturated rings. The van der Waals surface area contributed by atoms with Crippen LogP contribution in [0.5, 0.6) is 0 Å². The van der Waals surface area contributed by atoms with Crippen LogP contribution >= 0.6 is 11.8 Å². The number of thioether (sulfide) groups is 1. The molecule has 1 aromatic carbocycles. The van der Waals surface area contributed by atoms with Crippen LogP contribution in [0.1, 0.15) is 20.3 Å². The SMILES string of the molecule is CC(=O)Nc1cc(NC2CSC(C)C2)ccc1F. The third-order valence-corrected chi connectivity index (χ3v) is 4.20. The fourth-order valence-electron chi connectivity index (χ4n) is 2.05. The van der Waals surface area contributed by atoms with Crippen molar-refractivity contribution in [2.75, 3.05) is 16.4 Å². The summed E-state index contributed by atoms with van der Waals surface area (Å²) in [4.78, 5) is 11.0. The average molecular weight is 268 g/mol. The van der Waals surface area contributed by atoms with E-state index in [1.165, 1.54) is 13.0 Å². The van der Waals surface area contributed by atoms with Gasteiger partial charge >= 0.3 is 0 Å². The van der Waals surface area contributed by atoms with Gasteiger partial charge in [-0.05, 0) is 24.6 Å². The Balaban J connectivity index is 2.07. The van der Waals surface area contributed by atoms with Gasteiger partial charge in [0.15, 0.2) is 0 Å². The van der Waals surface area contributed by atoms with E-state index in [1.54, 1.807) is 12.1 Å². The fourth-order valence-corrected chi connectivity index (χ4v) is 3.20. The van der Waals surface area contributed by atoms with Crippen LogP contribution in [0.3, 0.4) is 0 Å². The number of benzene rings is 1. The minimum Gasteiger partial charge on any atom is -0.381 e. The van der Waals surface area contributed by atoms with Gasteiger partial charge < -0.3 is 10.6 Å². The minimum absolute atomic E-state index is 0.228. The van der Waals surface area contributed by atoms with Crippen LogP contribution in [-0.2, 0) is 4.79 Å². The molecule has 3 nitrogen and oxygen atoms in total. The standard InChI is InChI=1S/C13H17FN2OS/c1-8-5-11(7-18-8)16-10-3-4-12(14)13(6-10)15-9(2)17/h3-4,6,8,11,16H,5,7H2,1-2H3,(H,15,17). The van der Waals surface area contributed by atoms with E-state index in [4.69, 9.17) is 0 Å². The van der Waals surface area contributed by atoms with E-state index in [0.717, 1.165) is 17.9 Å². The summed E-state index contributed by atoms with van der Waals surface area (Å²) in [5.74, 6) is 0.384. The van der Waals surface area contributed by atoms with Gasteiger partial charge in [0.2, 0.25) is 5.91 Å². The highest BCUT2D eigenvalue weighted by Crippen LogP contribution is 2.29. The predicted octanol–water partition coefficient (Wildman–Crippen LogP) is 3.09. The van der Waals surface area contributed by atoms with Crippen LogP contribution < -0.4 is 10.6 Å². The number of amides is 1. The van der Waals surface area contributed by atoms with Gasteiger partial charge in [-0.15, -0.1) is 0 Å². The van der Waals surface area contributed by atoms with E-state index in [9.17, 15) is 9.18 Å². The second-order valence-electron chi connectivity index (χ2n) is 4.60. The van der Waals surface area contributed by atoms with Crippen molar-refractivity contribution in [2.24, 2.45) is 0 Å². The molecule has 0 saturated carbocycles. The van der Waals surface area contributed by atoms with Gasteiger partial charge in [-0.2, -0.15) is 11.8 Å². The highest BCUT2D eigenvalue weighted by Gasteiger charge is 2.21. The van der Waals surface area contributed by atoms with Gasteiger partial charge in [0.05, 0.1) is 5.69 Å². The summed E-state index contributed by atoms with van der Waals surface area (Å²) in [5.41, 5.74) is 1.08. The molecule has 5 heteroatoms. The van der Waals surface area contributed by atoms with E-state index in [2.05, 4.69) is 17.6 Å². The van der Waals surface area contributed by atoms with Crippen LogP contribution in [0.25, 0.3) is 0 Å². The van der Waals surface area contributed by atoms with Crippen molar-refractivity contribution < 1.29 is 9.18 Å². The molecule has 2 N–H and O–H groups in total. The summed E-state index contributed by atoms with van der Waals surface area (Å²) in [6, 6.07) is 5.14. The molecule has 0 radical (unpaired) electrons. The number of anilines is 2. The molecular weight excluding hydrogens is 251 g/mol. The van der Waals surface area contributed by atoms with Crippen molar-refractivity contribution in [3.05, 3.63) is 24.0 Å². The van der Waals surface area contributed by atoms with Crippen LogP contribution in [-0.4, -0.2) is 23.0 Å². The number of hydrogen-bond acceptors (Lipinski definition) is 3. The lowest BCUT2D eigenvalue weighted by atomic mass is 10.2. The topological polar surface area (TPSA) is 41.1 Å².